The molecular formula is C21H22N2O6. The fourth-order valence-corrected chi connectivity index (χ4v) is 2.86. The summed E-state index contributed by atoms with van der Waals surface area (Å²) in [6, 6.07) is 8.69. The lowest BCUT2D eigenvalue weighted by Gasteiger charge is -2.12. The van der Waals surface area contributed by atoms with E-state index in [1.165, 1.54) is 14.2 Å². The molecule has 1 N–H and O–H groups in total. The topological polar surface area (TPSA) is 87.6 Å². The van der Waals surface area contributed by atoms with Crippen molar-refractivity contribution in [3.8, 4) is 28.7 Å². The molecule has 0 atom stereocenters. The Hall–Kier alpha value is -3.68. The molecule has 3 rings (SSSR count). The second-order valence-corrected chi connectivity index (χ2v) is 5.99. The number of amidine groups is 1. The van der Waals surface area contributed by atoms with Crippen molar-refractivity contribution in [1.29, 1.82) is 0 Å². The monoisotopic (exact) mass is 398 g/mol. The Labute approximate surface area is 168 Å². The number of hydrogen-bond acceptors (Lipinski definition) is 7. The van der Waals surface area contributed by atoms with Crippen molar-refractivity contribution in [2.24, 2.45) is 4.99 Å². The van der Waals surface area contributed by atoms with Crippen molar-refractivity contribution in [3.05, 3.63) is 47.2 Å². The zero-order chi connectivity index (χ0) is 21.0. The van der Waals surface area contributed by atoms with Crippen molar-refractivity contribution in [3.63, 3.8) is 0 Å². The molecule has 0 fully saturated rings. The van der Waals surface area contributed by atoms with Gasteiger partial charge in [-0.2, -0.15) is 0 Å². The summed E-state index contributed by atoms with van der Waals surface area (Å²) in [5.74, 6) is 2.81. The van der Waals surface area contributed by atoms with E-state index in [0.717, 1.165) is 0 Å². The summed E-state index contributed by atoms with van der Waals surface area (Å²) in [5.41, 5.74) is 1.52. The van der Waals surface area contributed by atoms with Crippen LogP contribution in [0.15, 0.2) is 41.0 Å². The highest BCUT2D eigenvalue weighted by molar-refractivity contribution is 6.20. The number of carbonyl (C=O) groups excluding carboxylic acids is 1. The summed E-state index contributed by atoms with van der Waals surface area (Å²) in [6.07, 6.45) is 1.63. The zero-order valence-electron chi connectivity index (χ0n) is 16.9. The van der Waals surface area contributed by atoms with Gasteiger partial charge in [0.15, 0.2) is 11.5 Å². The van der Waals surface area contributed by atoms with Crippen molar-refractivity contribution >= 4 is 17.8 Å². The third kappa shape index (κ3) is 4.11. The fraction of sp³-hybridized carbons (Fsp3) is 0.238. The smallest absolute Gasteiger partial charge is 0.275 e. The number of benzene rings is 2. The average Bonchev–Trinajstić information content (AvgIpc) is 3.13. The number of rotatable bonds is 7. The van der Waals surface area contributed by atoms with Crippen LogP contribution in [0.25, 0.3) is 6.08 Å². The first kappa shape index (κ1) is 20.1. The first-order valence-corrected chi connectivity index (χ1v) is 8.68. The summed E-state index contributed by atoms with van der Waals surface area (Å²) in [7, 11) is 7.73. The Morgan fingerprint density at radius 3 is 1.90 bits per heavy atom. The Morgan fingerprint density at radius 2 is 1.34 bits per heavy atom. The first-order chi connectivity index (χ1) is 14.0. The number of carbonyl (C=O) groups is 1. The number of aliphatic imine (C=N–C) groups is 1. The van der Waals surface area contributed by atoms with E-state index < -0.39 is 0 Å². The number of nitrogens with zero attached hydrogens (tertiary/aromatic N) is 1. The summed E-state index contributed by atoms with van der Waals surface area (Å²) in [4.78, 5) is 16.9. The Kier molecular flexibility index (Phi) is 5.92. The maximum absolute atomic E-state index is 12.5. The van der Waals surface area contributed by atoms with E-state index >= 15 is 0 Å². The summed E-state index contributed by atoms with van der Waals surface area (Å²) in [5, 5.41) is 2.77. The van der Waals surface area contributed by atoms with Gasteiger partial charge in [0.05, 0.1) is 35.5 Å². The molecule has 8 heteroatoms. The first-order valence-electron chi connectivity index (χ1n) is 8.68. The van der Waals surface area contributed by atoms with Crippen molar-refractivity contribution in [2.45, 2.75) is 0 Å². The van der Waals surface area contributed by atoms with Crippen LogP contribution in [-0.2, 0) is 4.79 Å². The Morgan fingerprint density at radius 1 is 0.759 bits per heavy atom. The molecule has 8 nitrogen and oxygen atoms in total. The van der Waals surface area contributed by atoms with E-state index in [4.69, 9.17) is 23.7 Å². The van der Waals surface area contributed by atoms with Crippen LogP contribution in [-0.4, -0.2) is 47.3 Å². The molecular weight excluding hydrogens is 376 g/mol. The second kappa shape index (κ2) is 8.55. The quantitative estimate of drug-likeness (QED) is 0.722. The van der Waals surface area contributed by atoms with Gasteiger partial charge in [-0.15, -0.1) is 0 Å². The number of hydrogen-bond donors (Lipinski definition) is 1. The van der Waals surface area contributed by atoms with Crippen LogP contribution in [0.1, 0.15) is 11.1 Å². The SMILES string of the molecule is COc1cc(OC)cc(C2=N/C(=C\c3cc(OC)c(OC)cc3OC)C(=O)N2)c1. The number of amides is 1. The van der Waals surface area contributed by atoms with Crippen LogP contribution in [0, 0.1) is 0 Å². The Bertz CT molecular complexity index is 975. The third-order valence-corrected chi connectivity index (χ3v) is 4.35. The Balaban J connectivity index is 2.03. The van der Waals surface area contributed by atoms with E-state index in [1.807, 2.05) is 0 Å². The normalized spacial score (nSPS) is 14.3. The van der Waals surface area contributed by atoms with E-state index in [1.54, 1.807) is 57.7 Å². The van der Waals surface area contributed by atoms with Gasteiger partial charge in [0, 0.05) is 23.3 Å². The highest BCUT2D eigenvalue weighted by atomic mass is 16.5. The molecule has 0 saturated heterocycles. The predicted molar refractivity (Wildman–Crippen MR) is 108 cm³/mol. The minimum Gasteiger partial charge on any atom is -0.497 e. The van der Waals surface area contributed by atoms with Crippen LogP contribution < -0.4 is 29.0 Å². The molecule has 2 aromatic rings. The molecule has 0 aromatic heterocycles. The van der Waals surface area contributed by atoms with Crippen LogP contribution in [0.3, 0.4) is 0 Å². The average molecular weight is 398 g/mol. The van der Waals surface area contributed by atoms with Crippen LogP contribution >= 0.6 is 0 Å². The molecule has 1 amide bonds. The standard InChI is InChI=1S/C21H22N2O6/c1-25-14-6-13(7-15(10-14)26-2)20-22-16(21(24)23-20)8-12-9-18(28-4)19(29-5)11-17(12)27-3/h6-11H,1-5H3,(H,22,23,24)/b16-8-. The van der Waals surface area contributed by atoms with Crippen LogP contribution in [0.4, 0.5) is 0 Å². The van der Waals surface area contributed by atoms with Gasteiger partial charge in [-0.3, -0.25) is 4.79 Å². The van der Waals surface area contributed by atoms with Gasteiger partial charge in [0.1, 0.15) is 28.8 Å². The van der Waals surface area contributed by atoms with E-state index in [9.17, 15) is 4.79 Å². The van der Waals surface area contributed by atoms with Gasteiger partial charge in [-0.25, -0.2) is 4.99 Å². The van der Waals surface area contributed by atoms with Crippen molar-refractivity contribution in [2.75, 3.05) is 35.5 Å². The molecule has 0 bridgehead atoms. The van der Waals surface area contributed by atoms with Crippen LogP contribution in [0.2, 0.25) is 0 Å². The molecule has 1 aliphatic heterocycles. The largest absolute Gasteiger partial charge is 0.497 e. The van der Waals surface area contributed by atoms with Gasteiger partial charge in [-0.1, -0.05) is 0 Å². The molecule has 29 heavy (non-hydrogen) atoms. The molecule has 0 saturated carbocycles. The minimum absolute atomic E-state index is 0.229. The lowest BCUT2D eigenvalue weighted by Crippen LogP contribution is -2.24. The highest BCUT2D eigenvalue weighted by Crippen LogP contribution is 2.36. The molecule has 2 aromatic carbocycles. The summed E-state index contributed by atoms with van der Waals surface area (Å²) >= 11 is 0. The number of nitrogens with one attached hydrogen (secondary N) is 1. The minimum atomic E-state index is -0.335. The van der Waals surface area contributed by atoms with Gasteiger partial charge in [0.25, 0.3) is 5.91 Å². The molecule has 152 valence electrons. The number of methoxy groups -OCH3 is 5. The van der Waals surface area contributed by atoms with Gasteiger partial charge < -0.3 is 29.0 Å². The molecule has 0 unspecified atom stereocenters. The van der Waals surface area contributed by atoms with E-state index in [0.29, 0.717) is 45.7 Å². The predicted octanol–water partition coefficient (Wildman–Crippen LogP) is 2.65. The maximum Gasteiger partial charge on any atom is 0.275 e. The molecule has 1 aliphatic rings. The lowest BCUT2D eigenvalue weighted by atomic mass is 10.1. The van der Waals surface area contributed by atoms with Gasteiger partial charge in [0.2, 0.25) is 0 Å². The lowest BCUT2D eigenvalue weighted by molar-refractivity contribution is -0.115. The van der Waals surface area contributed by atoms with Gasteiger partial charge >= 0.3 is 0 Å². The highest BCUT2D eigenvalue weighted by Gasteiger charge is 2.23. The molecule has 1 heterocycles. The third-order valence-electron chi connectivity index (χ3n) is 4.35. The van der Waals surface area contributed by atoms with Crippen molar-refractivity contribution < 1.29 is 28.5 Å². The van der Waals surface area contributed by atoms with E-state index in [2.05, 4.69) is 10.3 Å². The van der Waals surface area contributed by atoms with E-state index in [-0.39, 0.29) is 11.6 Å². The van der Waals surface area contributed by atoms with Crippen LogP contribution in [0.5, 0.6) is 28.7 Å². The fourth-order valence-electron chi connectivity index (χ4n) is 2.86. The molecule has 0 aliphatic carbocycles. The van der Waals surface area contributed by atoms with Gasteiger partial charge in [-0.05, 0) is 24.3 Å². The second-order valence-electron chi connectivity index (χ2n) is 5.99. The van der Waals surface area contributed by atoms with Crippen molar-refractivity contribution in [1.82, 2.24) is 5.32 Å². The maximum atomic E-state index is 12.5. The number of ether oxygens (including phenoxy) is 5. The molecule has 0 radical (unpaired) electrons. The summed E-state index contributed by atoms with van der Waals surface area (Å²) in [6.45, 7) is 0. The zero-order valence-corrected chi connectivity index (χ0v) is 16.9. The molecule has 0 spiro atoms. The summed E-state index contributed by atoms with van der Waals surface area (Å²) < 4.78 is 26.6.